The maximum Gasteiger partial charge on any atom is 0.0886 e. The van der Waals surface area contributed by atoms with E-state index >= 15 is 0 Å². The lowest BCUT2D eigenvalue weighted by molar-refractivity contribution is 1.23. The lowest BCUT2D eigenvalue weighted by Crippen LogP contribution is -1.91. The summed E-state index contributed by atoms with van der Waals surface area (Å²) in [7, 11) is 0. The van der Waals surface area contributed by atoms with Crippen LogP contribution in [-0.2, 0) is 0 Å². The van der Waals surface area contributed by atoms with Crippen LogP contribution in [0.4, 0.5) is 0 Å². The molecule has 8 heterocycles. The average molecular weight is 845 g/mol. The summed E-state index contributed by atoms with van der Waals surface area (Å²) in [5, 5.41) is 7.25. The van der Waals surface area contributed by atoms with E-state index in [2.05, 4.69) is 117 Å². The smallest absolute Gasteiger partial charge is 0.0886 e. The van der Waals surface area contributed by atoms with Crippen molar-refractivity contribution < 1.29 is 0 Å². The van der Waals surface area contributed by atoms with Gasteiger partial charge in [-0.2, -0.15) is 0 Å². The normalized spacial score (nSPS) is 11.3. The molecule has 308 valence electrons. The van der Waals surface area contributed by atoms with E-state index in [1.165, 1.54) is 32.3 Å². The van der Waals surface area contributed by atoms with Crippen LogP contribution in [0.25, 0.3) is 122 Å². The van der Waals surface area contributed by atoms with Crippen LogP contribution in [0.15, 0.2) is 219 Å². The molecule has 0 saturated heterocycles. The lowest BCUT2D eigenvalue weighted by atomic mass is 9.90. The second kappa shape index (κ2) is 16.5. The van der Waals surface area contributed by atoms with Gasteiger partial charge in [-0.1, -0.05) is 72.8 Å². The zero-order chi connectivity index (χ0) is 43.8. The van der Waals surface area contributed by atoms with Crippen molar-refractivity contribution in [2.45, 2.75) is 0 Å². The van der Waals surface area contributed by atoms with E-state index in [-0.39, 0.29) is 0 Å². The SMILES string of the molecule is c1ccc(-c2ccc(-c3ccc(-c4ccc(-c5ccc6c7ccc(-c8ccc(-c9ccc(-c%10ccc(-c%11ccccn%11)nc%10)nc9)nc8)cc7c7ccccc7c6c5)cn4)cn3)cn2)nc1. The summed E-state index contributed by atoms with van der Waals surface area (Å²) in [6, 6.07) is 58.4. The van der Waals surface area contributed by atoms with Gasteiger partial charge in [0, 0.05) is 83.0 Å². The molecule has 0 N–H and O–H groups in total. The van der Waals surface area contributed by atoms with Crippen LogP contribution in [0.3, 0.4) is 0 Å². The van der Waals surface area contributed by atoms with Gasteiger partial charge in [0.1, 0.15) is 0 Å². The molecule has 12 rings (SSSR count). The Balaban J connectivity index is 0.779. The molecule has 0 atom stereocenters. The minimum atomic E-state index is 0.829. The van der Waals surface area contributed by atoms with Crippen molar-refractivity contribution in [1.29, 1.82) is 0 Å². The number of aromatic nitrogens is 8. The molecule has 0 bridgehead atoms. The summed E-state index contributed by atoms with van der Waals surface area (Å²) in [5.41, 5.74) is 14.9. The summed E-state index contributed by atoms with van der Waals surface area (Å²) in [6.45, 7) is 0. The Morgan fingerprint density at radius 2 is 0.470 bits per heavy atom. The van der Waals surface area contributed by atoms with E-state index in [0.717, 1.165) is 90.1 Å². The van der Waals surface area contributed by atoms with E-state index in [4.69, 9.17) is 19.9 Å². The summed E-state index contributed by atoms with van der Waals surface area (Å²) in [5.74, 6) is 0. The van der Waals surface area contributed by atoms with Gasteiger partial charge in [-0.15, -0.1) is 0 Å². The number of pyridine rings is 8. The molecule has 12 aromatic rings. The predicted molar refractivity (Wildman–Crippen MR) is 265 cm³/mol. The summed E-state index contributed by atoms with van der Waals surface area (Å²) in [4.78, 5) is 37.3. The minimum Gasteiger partial charge on any atom is -0.256 e. The first-order valence-electron chi connectivity index (χ1n) is 21.7. The molecule has 0 amide bonds. The molecule has 8 aromatic heterocycles. The second-order valence-electron chi connectivity index (χ2n) is 16.1. The Morgan fingerprint density at radius 1 is 0.182 bits per heavy atom. The number of hydrogen-bond donors (Lipinski definition) is 0. The molecule has 66 heavy (non-hydrogen) atoms. The van der Waals surface area contributed by atoms with Gasteiger partial charge in [0.2, 0.25) is 0 Å². The fourth-order valence-corrected chi connectivity index (χ4v) is 8.64. The largest absolute Gasteiger partial charge is 0.256 e. The zero-order valence-electron chi connectivity index (χ0n) is 35.4. The number of nitrogens with zero attached hydrogens (tertiary/aromatic N) is 8. The quantitative estimate of drug-likeness (QED) is 0.139. The van der Waals surface area contributed by atoms with Crippen LogP contribution < -0.4 is 0 Å². The Kier molecular flexibility index (Phi) is 9.65. The highest BCUT2D eigenvalue weighted by Crippen LogP contribution is 2.39. The highest BCUT2D eigenvalue weighted by Gasteiger charge is 2.13. The molecule has 0 aliphatic heterocycles. The molecule has 8 nitrogen and oxygen atoms in total. The minimum absolute atomic E-state index is 0.829. The Morgan fingerprint density at radius 3 is 0.788 bits per heavy atom. The first-order chi connectivity index (χ1) is 32.7. The topological polar surface area (TPSA) is 103 Å². The third-order valence-corrected chi connectivity index (χ3v) is 12.1. The highest BCUT2D eigenvalue weighted by atomic mass is 14.8. The third-order valence-electron chi connectivity index (χ3n) is 12.1. The molecule has 0 unspecified atom stereocenters. The number of hydrogen-bond acceptors (Lipinski definition) is 8. The zero-order valence-corrected chi connectivity index (χ0v) is 35.4. The molecule has 8 heteroatoms. The maximum atomic E-state index is 4.88. The molecular weight excluding hydrogens is 809 g/mol. The molecule has 0 aliphatic rings. The van der Waals surface area contributed by atoms with Crippen molar-refractivity contribution in [2.24, 2.45) is 0 Å². The molecule has 0 radical (unpaired) electrons. The van der Waals surface area contributed by atoms with E-state index < -0.39 is 0 Å². The van der Waals surface area contributed by atoms with Crippen LogP contribution in [0.5, 0.6) is 0 Å². The van der Waals surface area contributed by atoms with Gasteiger partial charge < -0.3 is 0 Å². The Labute approximate surface area is 380 Å². The molecule has 0 spiro atoms. The van der Waals surface area contributed by atoms with Gasteiger partial charge in [0.25, 0.3) is 0 Å². The van der Waals surface area contributed by atoms with Gasteiger partial charge in [-0.25, -0.2) is 0 Å². The van der Waals surface area contributed by atoms with Crippen LogP contribution >= 0.6 is 0 Å². The van der Waals surface area contributed by atoms with Crippen molar-refractivity contribution in [1.82, 2.24) is 39.9 Å². The summed E-state index contributed by atoms with van der Waals surface area (Å²) in [6.07, 6.45) is 14.9. The van der Waals surface area contributed by atoms with Crippen LogP contribution in [0.2, 0.25) is 0 Å². The standard InChI is InChI=1S/C58H36N8/c1-2-8-46-45(7-1)49-29-37(39-13-21-51(61-31-39)41-15-23-53(63-33-41)43-17-25-57(65-35-43)55-9-3-5-27-59-55)11-19-47(49)48-20-12-38(30-50(46)48)40-14-22-52(62-32-40)42-16-24-54(64-34-42)44-18-26-58(66-36-44)56-10-4-6-28-60-56/h1-36H. The first kappa shape index (κ1) is 38.5. The van der Waals surface area contributed by atoms with Crippen molar-refractivity contribution in [3.05, 3.63) is 219 Å². The van der Waals surface area contributed by atoms with Crippen LogP contribution in [-0.4, -0.2) is 39.9 Å². The van der Waals surface area contributed by atoms with Crippen molar-refractivity contribution in [3.8, 4) is 90.1 Å². The fraction of sp³-hybridized carbons (Fsp3) is 0. The van der Waals surface area contributed by atoms with Crippen molar-refractivity contribution in [3.63, 3.8) is 0 Å². The second-order valence-corrected chi connectivity index (χ2v) is 16.1. The van der Waals surface area contributed by atoms with Crippen LogP contribution in [0.1, 0.15) is 0 Å². The van der Waals surface area contributed by atoms with Crippen LogP contribution in [0, 0.1) is 0 Å². The predicted octanol–water partition coefficient (Wildman–Crippen LogP) is 13.6. The van der Waals surface area contributed by atoms with Gasteiger partial charge in [-0.05, 0) is 141 Å². The van der Waals surface area contributed by atoms with Gasteiger partial charge in [0.05, 0.1) is 45.6 Å². The monoisotopic (exact) mass is 844 g/mol. The van der Waals surface area contributed by atoms with E-state index in [9.17, 15) is 0 Å². The molecule has 0 fully saturated rings. The average Bonchev–Trinajstić information content (AvgIpc) is 3.41. The lowest BCUT2D eigenvalue weighted by Gasteiger charge is -2.14. The summed E-state index contributed by atoms with van der Waals surface area (Å²) < 4.78 is 0. The van der Waals surface area contributed by atoms with E-state index in [1.807, 2.05) is 110 Å². The number of rotatable bonds is 8. The molecule has 0 saturated carbocycles. The van der Waals surface area contributed by atoms with Gasteiger partial charge in [-0.3, -0.25) is 39.9 Å². The fourth-order valence-electron chi connectivity index (χ4n) is 8.64. The van der Waals surface area contributed by atoms with Gasteiger partial charge in [0.15, 0.2) is 0 Å². The third kappa shape index (κ3) is 7.28. The molecular formula is C58H36N8. The van der Waals surface area contributed by atoms with Crippen molar-refractivity contribution in [2.75, 3.05) is 0 Å². The Hall–Kier alpha value is -9.14. The highest BCUT2D eigenvalue weighted by molar-refractivity contribution is 6.26. The van der Waals surface area contributed by atoms with E-state index in [1.54, 1.807) is 12.4 Å². The molecule has 4 aromatic carbocycles. The number of benzene rings is 4. The number of fused-ring (bicyclic) bond motifs is 6. The Bertz CT molecular complexity index is 3410. The summed E-state index contributed by atoms with van der Waals surface area (Å²) >= 11 is 0. The van der Waals surface area contributed by atoms with Gasteiger partial charge >= 0.3 is 0 Å². The maximum absolute atomic E-state index is 4.88. The van der Waals surface area contributed by atoms with Crippen molar-refractivity contribution >= 4 is 32.3 Å². The van der Waals surface area contributed by atoms with E-state index in [0.29, 0.717) is 0 Å². The molecule has 0 aliphatic carbocycles. The first-order valence-corrected chi connectivity index (χ1v) is 21.7.